The fraction of sp³-hybridized carbons (Fsp3) is 0.261. The van der Waals surface area contributed by atoms with Gasteiger partial charge >= 0.3 is 262 Å². The number of aromatic nitrogens is 2. The van der Waals surface area contributed by atoms with E-state index in [1.165, 1.54) is 31.0 Å². The molecule has 7 rings (SSSR count). The van der Waals surface area contributed by atoms with Crippen molar-refractivity contribution in [2.45, 2.75) is 68.7 Å². The van der Waals surface area contributed by atoms with Gasteiger partial charge in [-0.3, -0.25) is 0 Å². The molecule has 0 saturated carbocycles. The van der Waals surface area contributed by atoms with Gasteiger partial charge in [-0.25, -0.2) is 0 Å². The van der Waals surface area contributed by atoms with Crippen LogP contribution in [0.3, 0.4) is 0 Å². The molecule has 0 unspecified atom stereocenters. The molecule has 0 N–H and O–H groups in total. The number of nitrogens with zero attached hydrogens (tertiary/aromatic N) is 2. The smallest absolute Gasteiger partial charge is 0 e. The Bertz CT molecular complexity index is 2290. The van der Waals surface area contributed by atoms with Gasteiger partial charge in [0.15, 0.2) is 0 Å². The van der Waals surface area contributed by atoms with E-state index in [9.17, 15) is 0 Å². The SMILES string of the molecule is CC(C)(C)Cc1ccnc(-c2[c-]ccc3c2oc2cc(-c4cc[c]([Ge]([CH3])([CH3])[CH3])cc4)ccc23)c1.Cc1cc(-c2[c-]cccc2)nc[c]1[Ge]([CH3])([CH3])[CH3].[Ir]. The van der Waals surface area contributed by atoms with Gasteiger partial charge in [0.2, 0.25) is 0 Å². The summed E-state index contributed by atoms with van der Waals surface area (Å²) < 4.78 is 9.47. The molecule has 0 aliphatic carbocycles. The van der Waals surface area contributed by atoms with E-state index in [0.29, 0.717) is 0 Å². The minimum absolute atomic E-state index is 0. The molecular weight excluding hydrogens is 934 g/mol. The first kappa shape index (κ1) is 39.9. The summed E-state index contributed by atoms with van der Waals surface area (Å²) in [5.74, 6) is 14.5. The van der Waals surface area contributed by atoms with Crippen molar-refractivity contribution < 1.29 is 24.5 Å². The molecule has 0 aliphatic heterocycles. The average Bonchev–Trinajstić information content (AvgIpc) is 3.46. The van der Waals surface area contributed by atoms with Gasteiger partial charge in [-0.05, 0) is 17.9 Å². The number of pyridine rings is 2. The van der Waals surface area contributed by atoms with Crippen LogP contribution in [0.5, 0.6) is 0 Å². The molecule has 0 saturated heterocycles. The molecule has 3 heterocycles. The maximum Gasteiger partial charge on any atom is 0 e. The molecule has 0 amide bonds. The van der Waals surface area contributed by atoms with Gasteiger partial charge in [0.05, 0.1) is 0 Å². The van der Waals surface area contributed by atoms with Crippen molar-refractivity contribution in [1.82, 2.24) is 9.97 Å². The maximum absolute atomic E-state index is 6.46. The molecule has 52 heavy (non-hydrogen) atoms. The number of hydrogen-bond donors (Lipinski definition) is 0. The molecule has 269 valence electrons. The van der Waals surface area contributed by atoms with E-state index < -0.39 is 26.5 Å². The summed E-state index contributed by atoms with van der Waals surface area (Å²) in [5.41, 5.74) is 11.0. The molecule has 0 spiro atoms. The molecule has 0 fully saturated rings. The Morgan fingerprint density at radius 2 is 1.42 bits per heavy atom. The summed E-state index contributed by atoms with van der Waals surface area (Å²) in [7, 11) is 0. The molecule has 4 aromatic carbocycles. The molecular formula is C46H50Ge2IrN2O-2. The summed E-state index contributed by atoms with van der Waals surface area (Å²) in [6.45, 7) is 8.97. The van der Waals surface area contributed by atoms with Crippen molar-refractivity contribution in [3.63, 3.8) is 0 Å². The van der Waals surface area contributed by atoms with Gasteiger partial charge in [0.25, 0.3) is 0 Å². The first-order chi connectivity index (χ1) is 24.1. The number of fused-ring (bicyclic) bond motifs is 3. The minimum Gasteiger partial charge on any atom is 0 e. The normalized spacial score (nSPS) is 12.0. The second-order valence-electron chi connectivity index (χ2n) is 16.9. The van der Waals surface area contributed by atoms with E-state index >= 15 is 0 Å². The third-order valence-corrected chi connectivity index (χ3v) is 18.1. The number of furan rings is 1. The van der Waals surface area contributed by atoms with E-state index in [2.05, 4.69) is 163 Å². The zero-order valence-corrected chi connectivity index (χ0v) is 38.8. The van der Waals surface area contributed by atoms with Crippen LogP contribution in [-0.2, 0) is 26.5 Å². The van der Waals surface area contributed by atoms with Gasteiger partial charge in [-0.1, -0.05) is 26.3 Å². The van der Waals surface area contributed by atoms with Crippen LogP contribution in [0.15, 0.2) is 114 Å². The standard InChI is InChI=1S/C31H32GeNO.C15H18GeN.Ir/c1-31(2,3)20-21-16-17-33-28(18-21)27-9-7-8-26-25-15-12-23(19-29(25)34-30(26)27)22-10-13-24(14-11-22)32(4,5)6;1-12-10-15(13-8-6-5-7-9-13)17-11-14(12)16(2,3)4;/h7-8,10-19H,20H2,1-6H3;5-8,10-11H,1-4H3;/q2*-1;. The Morgan fingerprint density at radius 3 is 2.06 bits per heavy atom. The van der Waals surface area contributed by atoms with Crippen molar-refractivity contribution in [1.29, 1.82) is 0 Å². The zero-order chi connectivity index (χ0) is 36.6. The van der Waals surface area contributed by atoms with E-state index in [1.807, 2.05) is 30.5 Å². The number of hydrogen-bond acceptors (Lipinski definition) is 3. The Kier molecular flexibility index (Phi) is 12.3. The monoisotopic (exact) mass is 987 g/mol. The van der Waals surface area contributed by atoms with Gasteiger partial charge in [-0.2, -0.15) is 0 Å². The number of aryl methyl sites for hydroxylation is 1. The summed E-state index contributed by atoms with van der Waals surface area (Å²) in [6.07, 6.45) is 4.97. The van der Waals surface area contributed by atoms with Crippen LogP contribution < -0.4 is 8.79 Å². The second kappa shape index (κ2) is 16.0. The number of benzene rings is 4. The quantitative estimate of drug-likeness (QED) is 0.123. The van der Waals surface area contributed by atoms with Crippen molar-refractivity contribution >= 4 is 57.3 Å². The predicted molar refractivity (Wildman–Crippen MR) is 224 cm³/mol. The van der Waals surface area contributed by atoms with Crippen LogP contribution >= 0.6 is 0 Å². The maximum atomic E-state index is 6.46. The van der Waals surface area contributed by atoms with E-state index in [-0.39, 0.29) is 25.5 Å². The van der Waals surface area contributed by atoms with Gasteiger partial charge in [-0.15, -0.1) is 0 Å². The minimum atomic E-state index is -1.82. The van der Waals surface area contributed by atoms with Gasteiger partial charge < -0.3 is 0 Å². The van der Waals surface area contributed by atoms with E-state index in [1.54, 1.807) is 0 Å². The zero-order valence-electron chi connectivity index (χ0n) is 32.2. The fourth-order valence-electron chi connectivity index (χ4n) is 6.65. The second-order valence-corrected chi connectivity index (χ2v) is 38.2. The number of rotatable bonds is 6. The van der Waals surface area contributed by atoms with Gasteiger partial charge in [0, 0.05) is 26.3 Å². The topological polar surface area (TPSA) is 38.9 Å². The van der Waals surface area contributed by atoms with Crippen LogP contribution in [0.2, 0.25) is 34.5 Å². The first-order valence-electron chi connectivity index (χ1n) is 17.9. The van der Waals surface area contributed by atoms with Crippen molar-refractivity contribution in [2.75, 3.05) is 0 Å². The predicted octanol–water partition coefficient (Wildman–Crippen LogP) is 11.6. The molecule has 6 heteroatoms. The summed E-state index contributed by atoms with van der Waals surface area (Å²) in [4.78, 5) is 9.26. The van der Waals surface area contributed by atoms with Crippen LogP contribution in [0.1, 0.15) is 31.9 Å². The van der Waals surface area contributed by atoms with Crippen molar-refractivity contribution in [3.05, 3.63) is 133 Å². The molecule has 7 aromatic rings. The van der Waals surface area contributed by atoms with Crippen LogP contribution in [0.4, 0.5) is 0 Å². The Labute approximate surface area is 329 Å². The Morgan fingerprint density at radius 1 is 0.692 bits per heavy atom. The Balaban J connectivity index is 0.000000245. The molecule has 0 atom stereocenters. The van der Waals surface area contributed by atoms with Crippen LogP contribution in [0.25, 0.3) is 55.6 Å². The molecule has 3 aromatic heterocycles. The summed E-state index contributed by atoms with van der Waals surface area (Å²) in [6, 6.07) is 40.8. The first-order valence-corrected chi connectivity index (χ1v) is 32.6. The van der Waals surface area contributed by atoms with Crippen molar-refractivity contribution in [2.24, 2.45) is 5.41 Å². The fourth-order valence-corrected chi connectivity index (χ4v) is 12.7. The van der Waals surface area contributed by atoms with E-state index in [0.717, 1.165) is 50.9 Å². The molecule has 0 bridgehead atoms. The van der Waals surface area contributed by atoms with Crippen LogP contribution in [-0.4, -0.2) is 36.5 Å². The molecule has 3 nitrogen and oxygen atoms in total. The third-order valence-electron chi connectivity index (χ3n) is 9.24. The van der Waals surface area contributed by atoms with Crippen LogP contribution in [0, 0.1) is 24.5 Å². The molecule has 1 radical (unpaired) electrons. The summed E-state index contributed by atoms with van der Waals surface area (Å²) in [5, 5.41) is 2.23. The third kappa shape index (κ3) is 9.44. The van der Waals surface area contributed by atoms with Crippen molar-refractivity contribution in [3.8, 4) is 33.6 Å². The largest absolute Gasteiger partial charge is 0 e. The summed E-state index contributed by atoms with van der Waals surface area (Å²) >= 11 is -3.59. The average molecular weight is 984 g/mol. The Hall–Kier alpha value is -3.28. The van der Waals surface area contributed by atoms with E-state index in [4.69, 9.17) is 4.42 Å². The molecule has 0 aliphatic rings. The van der Waals surface area contributed by atoms with Gasteiger partial charge in [0.1, 0.15) is 0 Å².